The van der Waals surface area contributed by atoms with E-state index in [1.807, 2.05) is 5.16 Å². The van der Waals surface area contributed by atoms with Crippen LogP contribution < -0.4 is 0 Å². The summed E-state index contributed by atoms with van der Waals surface area (Å²) in [6, 6.07) is 5.77. The molecule has 0 aliphatic rings. The highest BCUT2D eigenvalue weighted by Crippen LogP contribution is 2.12. The Bertz CT molecular complexity index is 487. The molecule has 1 aromatic carbocycles. The van der Waals surface area contributed by atoms with Gasteiger partial charge in [-0.25, -0.2) is 0 Å². The molecule has 80 valence electrons. The number of thiocarbonyl (C=S) groups is 1. The van der Waals surface area contributed by atoms with Crippen LogP contribution >= 0.6 is 12.2 Å². The average Bonchev–Trinajstić information content (AvgIpc) is 2.27. The van der Waals surface area contributed by atoms with Crippen molar-refractivity contribution >= 4 is 35.0 Å². The van der Waals surface area contributed by atoms with E-state index in [4.69, 9.17) is 0 Å². The molecule has 5 nitrogen and oxygen atoms in total. The van der Waals surface area contributed by atoms with Crippen LogP contribution in [0.2, 0.25) is 0 Å². The summed E-state index contributed by atoms with van der Waals surface area (Å²) in [6.45, 7) is 0. The first-order chi connectivity index (χ1) is 7.63. The lowest BCUT2D eigenvalue weighted by molar-refractivity contribution is -0.384. The van der Waals surface area contributed by atoms with Gasteiger partial charge in [0.2, 0.25) is 0 Å². The molecule has 0 radical (unpaired) electrons. The Kier molecular flexibility index (Phi) is 4.20. The molecule has 0 saturated carbocycles. The Morgan fingerprint density at radius 1 is 1.44 bits per heavy atom. The number of hydrogen-bond acceptors (Lipinski definition) is 4. The predicted octanol–water partition coefficient (Wildman–Crippen LogP) is 2.24. The number of nitrogens with zero attached hydrogens (tertiary/aromatic N) is 2. The molecule has 1 rings (SSSR count). The summed E-state index contributed by atoms with van der Waals surface area (Å²) in [5.41, 5.74) is 0.666. The molecular formula is C10H6N2O3S. The van der Waals surface area contributed by atoms with Crippen molar-refractivity contribution in [1.29, 1.82) is 0 Å². The van der Waals surface area contributed by atoms with E-state index in [0.717, 1.165) is 0 Å². The molecule has 0 fully saturated rings. The van der Waals surface area contributed by atoms with Crippen LogP contribution in [0.25, 0.3) is 6.08 Å². The van der Waals surface area contributed by atoms with Crippen LogP contribution in [0.3, 0.4) is 0 Å². The largest absolute Gasteiger partial charge is 0.278 e. The number of nitro groups is 1. The molecule has 0 heterocycles. The number of carbonyl (C=O) groups excluding carboxylic acids is 1. The second-order valence-corrected chi connectivity index (χ2v) is 2.91. The lowest BCUT2D eigenvalue weighted by atomic mass is 10.2. The number of hydrogen-bond donors (Lipinski definition) is 0. The van der Waals surface area contributed by atoms with E-state index in [9.17, 15) is 14.9 Å². The smallest absolute Gasteiger partial charge is 0.267 e. The summed E-state index contributed by atoms with van der Waals surface area (Å²) in [6.07, 6.45) is 2.70. The van der Waals surface area contributed by atoms with Crippen LogP contribution in [-0.4, -0.2) is 16.0 Å². The molecule has 0 saturated heterocycles. The lowest BCUT2D eigenvalue weighted by Crippen LogP contribution is -1.87. The summed E-state index contributed by atoms with van der Waals surface area (Å²) >= 11 is 4.26. The predicted molar refractivity (Wildman–Crippen MR) is 62.2 cm³/mol. The fourth-order valence-corrected chi connectivity index (χ4v) is 1.05. The maximum Gasteiger partial charge on any atom is 0.278 e. The number of aliphatic imine (C=N–C) groups is 1. The maximum atomic E-state index is 10.9. The summed E-state index contributed by atoms with van der Waals surface area (Å²) in [4.78, 5) is 24.0. The Hall–Kier alpha value is -2.17. The van der Waals surface area contributed by atoms with Gasteiger partial charge in [-0.05, 0) is 36.0 Å². The normalized spacial score (nSPS) is 9.75. The third-order valence-corrected chi connectivity index (χ3v) is 1.77. The van der Waals surface area contributed by atoms with Gasteiger partial charge in [0.1, 0.15) is 0 Å². The zero-order valence-corrected chi connectivity index (χ0v) is 8.81. The van der Waals surface area contributed by atoms with Crippen LogP contribution in [0.1, 0.15) is 5.56 Å². The highest BCUT2D eigenvalue weighted by atomic mass is 32.1. The van der Waals surface area contributed by atoms with Gasteiger partial charge in [0.25, 0.3) is 11.6 Å². The zero-order valence-electron chi connectivity index (χ0n) is 7.99. The van der Waals surface area contributed by atoms with E-state index in [1.165, 1.54) is 36.4 Å². The summed E-state index contributed by atoms with van der Waals surface area (Å²) < 4.78 is 0. The monoisotopic (exact) mass is 234 g/mol. The number of non-ortho nitro benzene ring substituents is 1. The molecule has 0 aliphatic carbocycles. The standard InChI is InChI=1S/C10H6N2O3S/c13-10(11-7-16)6-3-8-1-4-9(5-2-8)12(14)15/h1-6H/b6-3+. The van der Waals surface area contributed by atoms with E-state index < -0.39 is 10.8 Å². The van der Waals surface area contributed by atoms with E-state index in [0.29, 0.717) is 5.56 Å². The van der Waals surface area contributed by atoms with E-state index >= 15 is 0 Å². The Balaban J connectivity index is 2.79. The molecule has 0 aromatic heterocycles. The van der Waals surface area contributed by atoms with Crippen molar-refractivity contribution in [2.24, 2.45) is 4.99 Å². The molecule has 6 heteroatoms. The van der Waals surface area contributed by atoms with Crippen molar-refractivity contribution in [2.75, 3.05) is 0 Å². The average molecular weight is 234 g/mol. The topological polar surface area (TPSA) is 72.6 Å². The number of rotatable bonds is 3. The minimum Gasteiger partial charge on any atom is -0.267 e. The molecule has 0 N–H and O–H groups in total. The fraction of sp³-hybridized carbons (Fsp3) is 0. The van der Waals surface area contributed by atoms with Crippen LogP contribution in [-0.2, 0) is 4.79 Å². The van der Waals surface area contributed by atoms with Gasteiger partial charge in [-0.3, -0.25) is 14.9 Å². The van der Waals surface area contributed by atoms with E-state index in [1.54, 1.807) is 0 Å². The third-order valence-electron chi connectivity index (χ3n) is 1.68. The first kappa shape index (κ1) is 11.9. The molecule has 0 atom stereocenters. The van der Waals surface area contributed by atoms with Gasteiger partial charge in [0.15, 0.2) is 0 Å². The summed E-state index contributed by atoms with van der Waals surface area (Å²) in [7, 11) is 0. The first-order valence-corrected chi connectivity index (χ1v) is 4.58. The molecule has 0 spiro atoms. The van der Waals surface area contributed by atoms with Gasteiger partial charge in [0, 0.05) is 18.2 Å². The highest BCUT2D eigenvalue weighted by molar-refractivity contribution is 7.78. The zero-order chi connectivity index (χ0) is 12.0. The molecular weight excluding hydrogens is 228 g/mol. The van der Waals surface area contributed by atoms with Gasteiger partial charge in [-0.2, -0.15) is 4.99 Å². The molecule has 1 amide bonds. The van der Waals surface area contributed by atoms with Crippen LogP contribution in [0.5, 0.6) is 0 Å². The van der Waals surface area contributed by atoms with Crippen LogP contribution in [0.4, 0.5) is 5.69 Å². The summed E-state index contributed by atoms with van der Waals surface area (Å²) in [5, 5.41) is 12.3. The highest BCUT2D eigenvalue weighted by Gasteiger charge is 2.02. The number of carbonyl (C=O) groups is 1. The first-order valence-electron chi connectivity index (χ1n) is 4.18. The van der Waals surface area contributed by atoms with Crippen molar-refractivity contribution in [3.8, 4) is 0 Å². The van der Waals surface area contributed by atoms with Gasteiger partial charge < -0.3 is 0 Å². The second kappa shape index (κ2) is 5.65. The second-order valence-electron chi connectivity index (χ2n) is 2.72. The van der Waals surface area contributed by atoms with Gasteiger partial charge >= 0.3 is 0 Å². The Morgan fingerprint density at radius 3 is 2.56 bits per heavy atom. The Labute approximate surface area is 96.3 Å². The fourth-order valence-electron chi connectivity index (χ4n) is 0.957. The molecule has 0 unspecified atom stereocenters. The minimum atomic E-state index is -0.520. The third kappa shape index (κ3) is 3.53. The molecule has 0 bridgehead atoms. The van der Waals surface area contributed by atoms with Gasteiger partial charge in [-0.1, -0.05) is 0 Å². The van der Waals surface area contributed by atoms with Gasteiger partial charge in [0.05, 0.1) is 10.1 Å². The number of nitro benzene ring substituents is 1. The SMILES string of the molecule is O=C(/C=C/c1ccc([N+](=O)[O-])cc1)N=C=S. The van der Waals surface area contributed by atoms with Crippen molar-refractivity contribution in [2.45, 2.75) is 0 Å². The summed E-state index contributed by atoms with van der Waals surface area (Å²) in [5.74, 6) is -0.520. The van der Waals surface area contributed by atoms with Crippen LogP contribution in [0, 0.1) is 10.1 Å². The number of benzene rings is 1. The van der Waals surface area contributed by atoms with Crippen LogP contribution in [0.15, 0.2) is 35.3 Å². The van der Waals surface area contributed by atoms with Crippen molar-refractivity contribution in [1.82, 2.24) is 0 Å². The van der Waals surface area contributed by atoms with Crippen molar-refractivity contribution < 1.29 is 9.72 Å². The van der Waals surface area contributed by atoms with Gasteiger partial charge in [-0.15, -0.1) is 0 Å². The molecule has 0 aliphatic heterocycles. The van der Waals surface area contributed by atoms with Crippen molar-refractivity contribution in [3.63, 3.8) is 0 Å². The van der Waals surface area contributed by atoms with E-state index in [-0.39, 0.29) is 5.69 Å². The van der Waals surface area contributed by atoms with Crippen molar-refractivity contribution in [3.05, 3.63) is 46.0 Å². The number of amides is 1. The number of isothiocyanates is 1. The molecule has 1 aromatic rings. The Morgan fingerprint density at radius 2 is 2.06 bits per heavy atom. The quantitative estimate of drug-likeness (QED) is 0.264. The maximum absolute atomic E-state index is 10.9. The lowest BCUT2D eigenvalue weighted by Gasteiger charge is -1.92. The molecule has 16 heavy (non-hydrogen) atoms. The van der Waals surface area contributed by atoms with E-state index in [2.05, 4.69) is 17.2 Å². The minimum absolute atomic E-state index is 0.000360.